The van der Waals surface area contributed by atoms with E-state index in [1.807, 2.05) is 0 Å². The van der Waals surface area contributed by atoms with Crippen molar-refractivity contribution in [3.63, 3.8) is 0 Å². The first kappa shape index (κ1) is 5.17. The molecule has 0 bridgehead atoms. The first-order chi connectivity index (χ1) is 3.39. The minimum atomic E-state index is 0.372. The second kappa shape index (κ2) is 2.36. The van der Waals surface area contributed by atoms with Gasteiger partial charge < -0.3 is 4.81 Å². The highest BCUT2D eigenvalue weighted by molar-refractivity contribution is 6.32. The third kappa shape index (κ3) is 1.52. The fourth-order valence-electron chi connectivity index (χ4n) is 1.38. The summed E-state index contributed by atoms with van der Waals surface area (Å²) in [5.74, 6) is 0. The Morgan fingerprint density at radius 1 is 1.43 bits per heavy atom. The van der Waals surface area contributed by atoms with Crippen LogP contribution in [0.1, 0.15) is 12.8 Å². The lowest BCUT2D eigenvalue weighted by molar-refractivity contribution is 0.479. The lowest BCUT2D eigenvalue weighted by Crippen LogP contribution is -2.27. The average molecular weight is 98.0 g/mol. The molecule has 0 saturated carbocycles. The largest absolute Gasteiger partial charge is 0.483 e. The molecule has 0 radical (unpaired) electrons. The third-order valence-corrected chi connectivity index (χ3v) is 1.97. The van der Waals surface area contributed by atoms with E-state index in [1.54, 1.807) is 0 Å². The first-order valence-corrected chi connectivity index (χ1v) is 3.42. The van der Waals surface area contributed by atoms with E-state index in [2.05, 4.69) is 11.9 Å². The van der Waals surface area contributed by atoms with Crippen molar-refractivity contribution in [1.82, 2.24) is 4.81 Å². The highest BCUT2D eigenvalue weighted by Gasteiger charge is 1.96. The molecule has 2 heteroatoms. The number of rotatable bonds is 0. The summed E-state index contributed by atoms with van der Waals surface area (Å²) < 4.78 is 0. The van der Waals surface area contributed by atoms with E-state index in [1.165, 1.54) is 25.7 Å². The molecule has 0 aromatic rings. The van der Waals surface area contributed by atoms with Crippen molar-refractivity contribution in [3.05, 3.63) is 0 Å². The van der Waals surface area contributed by atoms with Crippen molar-refractivity contribution < 1.29 is 0 Å². The van der Waals surface area contributed by atoms with Gasteiger partial charge in [-0.1, -0.05) is 13.5 Å². The van der Waals surface area contributed by atoms with E-state index >= 15 is 0 Å². The topological polar surface area (TPSA) is 3.24 Å². The van der Waals surface area contributed by atoms with Crippen LogP contribution in [0, 0.1) is 0 Å². The van der Waals surface area contributed by atoms with Gasteiger partial charge in [0, 0.05) is 7.41 Å². The summed E-state index contributed by atoms with van der Waals surface area (Å²) in [6, 6.07) is 0. The van der Waals surface area contributed by atoms with Gasteiger partial charge in [0.15, 0.2) is 0 Å². The van der Waals surface area contributed by atoms with E-state index in [-0.39, 0.29) is 0 Å². The molecular formula is C5H13BN-. The van der Waals surface area contributed by atoms with E-state index in [9.17, 15) is 0 Å². The van der Waals surface area contributed by atoms with Gasteiger partial charge in [0.1, 0.15) is 0 Å². The van der Waals surface area contributed by atoms with Gasteiger partial charge in [-0.15, -0.1) is 0 Å². The summed E-state index contributed by atoms with van der Waals surface area (Å²) in [7, 11) is 2.62. The van der Waals surface area contributed by atoms with Gasteiger partial charge in [0.2, 0.25) is 0 Å². The Hall–Kier alpha value is 0.0249. The third-order valence-electron chi connectivity index (χ3n) is 1.97. The molecule has 1 rings (SSSR count). The van der Waals surface area contributed by atoms with E-state index in [0.717, 1.165) is 0 Å². The highest BCUT2D eigenvalue weighted by atomic mass is 15.0. The molecule has 0 N–H and O–H groups in total. The molecule has 0 aliphatic carbocycles. The monoisotopic (exact) mass is 98.1 g/mol. The second-order valence-corrected chi connectivity index (χ2v) is 2.83. The lowest BCUT2D eigenvalue weighted by Gasteiger charge is -2.28. The summed E-state index contributed by atoms with van der Waals surface area (Å²) in [6.07, 6.45) is 4.49. The van der Waals surface area contributed by atoms with Gasteiger partial charge in [0.05, 0.1) is 0 Å². The molecule has 7 heavy (non-hydrogen) atoms. The summed E-state index contributed by atoms with van der Waals surface area (Å²) in [5.41, 5.74) is 0. The van der Waals surface area contributed by atoms with Crippen LogP contribution in [0.5, 0.6) is 0 Å². The van der Waals surface area contributed by atoms with Crippen molar-refractivity contribution in [1.29, 1.82) is 0 Å². The van der Waals surface area contributed by atoms with Gasteiger partial charge in [0.25, 0.3) is 0 Å². The van der Waals surface area contributed by atoms with Crippen LogP contribution in [0.2, 0.25) is 6.32 Å². The SMILES string of the molecule is CN1[BH2-]CCCC1. The van der Waals surface area contributed by atoms with Crippen molar-refractivity contribution in [2.24, 2.45) is 0 Å². The molecule has 0 atom stereocenters. The van der Waals surface area contributed by atoms with Crippen LogP contribution in [0.3, 0.4) is 0 Å². The smallest absolute Gasteiger partial charge is 0.0307 e. The molecule has 0 amide bonds. The molecule has 0 unspecified atom stereocenters. The zero-order valence-electron chi connectivity index (χ0n) is 5.28. The Morgan fingerprint density at radius 2 is 2.29 bits per heavy atom. The number of nitrogens with zero attached hydrogens (tertiary/aromatic N) is 1. The molecule has 1 heterocycles. The zero-order valence-corrected chi connectivity index (χ0v) is 5.28. The molecule has 0 aromatic carbocycles. The van der Waals surface area contributed by atoms with Crippen molar-refractivity contribution in [2.75, 3.05) is 13.6 Å². The number of hydrogen-bond acceptors (Lipinski definition) is 1. The Bertz CT molecular complexity index is 50.0. The summed E-state index contributed by atoms with van der Waals surface area (Å²) in [4.78, 5) is 2.52. The van der Waals surface area contributed by atoms with Crippen LogP contribution < -0.4 is 0 Å². The summed E-state index contributed by atoms with van der Waals surface area (Å²) in [5, 5.41) is 0. The minimum absolute atomic E-state index is 0.372. The maximum atomic E-state index is 2.52. The number of hydrogen-bond donors (Lipinski definition) is 0. The van der Waals surface area contributed by atoms with Gasteiger partial charge in [-0.25, -0.2) is 0 Å². The van der Waals surface area contributed by atoms with E-state index in [0.29, 0.717) is 7.41 Å². The summed E-state index contributed by atoms with van der Waals surface area (Å²) in [6.45, 7) is 1.38. The predicted octanol–water partition coefficient (Wildman–Crippen LogP) is 0.214. The second-order valence-electron chi connectivity index (χ2n) is 2.83. The lowest BCUT2D eigenvalue weighted by atomic mass is 9.80. The molecule has 1 nitrogen and oxygen atoms in total. The van der Waals surface area contributed by atoms with Crippen LogP contribution in [-0.4, -0.2) is 25.8 Å². The molecule has 42 valence electrons. The van der Waals surface area contributed by atoms with E-state index < -0.39 is 0 Å². The maximum absolute atomic E-state index is 2.52. The van der Waals surface area contributed by atoms with E-state index in [4.69, 9.17) is 0 Å². The van der Waals surface area contributed by atoms with Crippen LogP contribution in [0.25, 0.3) is 0 Å². The van der Waals surface area contributed by atoms with Crippen molar-refractivity contribution >= 4 is 7.41 Å². The average Bonchev–Trinajstić information content (AvgIpc) is 1.69. The standard InChI is InChI=1S/C5H13BN/c1-7-5-3-2-4-6-7/h2-6H2,1H3/q-1. The molecular weight excluding hydrogens is 84.9 g/mol. The van der Waals surface area contributed by atoms with Gasteiger partial charge >= 0.3 is 0 Å². The Balaban J connectivity index is 2.12. The molecule has 1 fully saturated rings. The molecule has 1 saturated heterocycles. The molecule has 1 aliphatic heterocycles. The van der Waals surface area contributed by atoms with Gasteiger partial charge in [-0.2, -0.15) is 6.32 Å². The van der Waals surface area contributed by atoms with Crippen molar-refractivity contribution in [3.8, 4) is 0 Å². The Morgan fingerprint density at radius 3 is 2.57 bits per heavy atom. The zero-order chi connectivity index (χ0) is 5.11. The quantitative estimate of drug-likeness (QED) is 0.391. The fraction of sp³-hybridized carbons (Fsp3) is 1.00. The Labute approximate surface area is 46.0 Å². The highest BCUT2D eigenvalue weighted by Crippen LogP contribution is 2.03. The normalized spacial score (nSPS) is 25.3. The van der Waals surface area contributed by atoms with Crippen LogP contribution in [-0.2, 0) is 0 Å². The molecule has 1 aliphatic rings. The van der Waals surface area contributed by atoms with Gasteiger partial charge in [-0.3, -0.25) is 0 Å². The van der Waals surface area contributed by atoms with Crippen LogP contribution in [0.15, 0.2) is 0 Å². The van der Waals surface area contributed by atoms with Crippen LogP contribution in [0.4, 0.5) is 0 Å². The summed E-state index contributed by atoms with van der Waals surface area (Å²) >= 11 is 0. The first-order valence-electron chi connectivity index (χ1n) is 3.42. The molecule has 0 aromatic heterocycles. The van der Waals surface area contributed by atoms with Crippen molar-refractivity contribution in [2.45, 2.75) is 19.2 Å². The maximum Gasteiger partial charge on any atom is 0.0307 e. The molecule has 0 spiro atoms. The minimum Gasteiger partial charge on any atom is -0.483 e. The predicted molar refractivity (Wildman–Crippen MR) is 35.2 cm³/mol. The van der Waals surface area contributed by atoms with Crippen LogP contribution >= 0.6 is 0 Å². The fourth-order valence-corrected chi connectivity index (χ4v) is 1.38. The van der Waals surface area contributed by atoms with Gasteiger partial charge in [-0.05, 0) is 13.0 Å². The Kier molecular flexibility index (Phi) is 1.74.